The van der Waals surface area contributed by atoms with Gasteiger partial charge < -0.3 is 40.0 Å². The highest BCUT2D eigenvalue weighted by Gasteiger charge is 2.39. The van der Waals surface area contributed by atoms with E-state index in [4.69, 9.17) is 34.1 Å². The van der Waals surface area contributed by atoms with Crippen LogP contribution in [-0.4, -0.2) is 118 Å². The van der Waals surface area contributed by atoms with Crippen molar-refractivity contribution in [1.29, 1.82) is 0 Å². The molecule has 1 fully saturated rings. The fraction of sp³-hybridized carbons (Fsp3) is 0.909. The molecule has 13 nitrogen and oxygen atoms in total. The third-order valence-electron chi connectivity index (χ3n) is 5.39. The van der Waals surface area contributed by atoms with Crippen LogP contribution in [0.5, 0.6) is 0 Å². The lowest BCUT2D eigenvalue weighted by atomic mass is 10.1. The zero-order valence-corrected chi connectivity index (χ0v) is 21.9. The second-order valence-electron chi connectivity index (χ2n) is 8.23. The number of hydrogen-bond acceptors (Lipinski definition) is 10. The van der Waals surface area contributed by atoms with Gasteiger partial charge in [0.25, 0.3) is 0 Å². The lowest BCUT2D eigenvalue weighted by Crippen LogP contribution is -2.37. The highest BCUT2D eigenvalue weighted by Crippen LogP contribution is 2.28. The number of unbranched alkanes of at least 4 members (excludes halogenated alkanes) is 2. The molecule has 3 atom stereocenters. The van der Waals surface area contributed by atoms with Gasteiger partial charge >= 0.3 is 8.25 Å². The summed E-state index contributed by atoms with van der Waals surface area (Å²) in [6.07, 6.45) is 2.55. The van der Waals surface area contributed by atoms with Gasteiger partial charge in [0.05, 0.1) is 72.0 Å². The molecular weight excluding hydrogens is 497 g/mol. The third kappa shape index (κ3) is 16.5. The number of likely N-dealkylation sites (tertiary alicyclic amines) is 1. The molecule has 0 spiro atoms. The fourth-order valence-electron chi connectivity index (χ4n) is 3.60. The van der Waals surface area contributed by atoms with Gasteiger partial charge in [-0.05, 0) is 12.8 Å². The minimum atomic E-state index is -2.74. The predicted octanol–water partition coefficient (Wildman–Crippen LogP) is -0.294. The Kier molecular flexibility index (Phi) is 19.8. The first-order valence-corrected chi connectivity index (χ1v) is 13.6. The smallest absolute Gasteiger partial charge is 0.394 e. The molecule has 1 saturated heterocycles. The first-order valence-electron chi connectivity index (χ1n) is 12.5. The maximum absolute atomic E-state index is 12.4. The number of aliphatic hydroxyl groups is 1. The lowest BCUT2D eigenvalue weighted by Gasteiger charge is -2.22. The minimum absolute atomic E-state index is 0.0895. The Morgan fingerprint density at radius 3 is 2.11 bits per heavy atom. The van der Waals surface area contributed by atoms with E-state index in [1.165, 1.54) is 4.90 Å². The van der Waals surface area contributed by atoms with Crippen molar-refractivity contribution in [2.45, 2.75) is 50.7 Å². The summed E-state index contributed by atoms with van der Waals surface area (Å²) in [5, 5.41) is 12.3. The molecule has 210 valence electrons. The minimum Gasteiger partial charge on any atom is -0.394 e. The average Bonchev–Trinajstić information content (AvgIpc) is 3.26. The van der Waals surface area contributed by atoms with Gasteiger partial charge in [0.15, 0.2) is 0 Å². The summed E-state index contributed by atoms with van der Waals surface area (Å²) in [5.41, 5.74) is 5.31. The molecule has 2 amide bonds. The monoisotopic (exact) mass is 540 g/mol. The van der Waals surface area contributed by atoms with Gasteiger partial charge in [-0.2, -0.15) is 0 Å². The number of hydrogen-bond donors (Lipinski definition) is 4. The van der Waals surface area contributed by atoms with Gasteiger partial charge in [-0.3, -0.25) is 9.59 Å². The number of nitrogens with zero attached hydrogens (tertiary/aromatic N) is 1. The van der Waals surface area contributed by atoms with Crippen LogP contribution in [0.15, 0.2) is 0 Å². The van der Waals surface area contributed by atoms with E-state index in [-0.39, 0.29) is 31.4 Å². The molecule has 1 rings (SSSR count). The quantitative estimate of drug-likeness (QED) is 0.0988. The molecule has 0 aromatic heterocycles. The Morgan fingerprint density at radius 1 is 0.917 bits per heavy atom. The van der Waals surface area contributed by atoms with Crippen LogP contribution in [0, 0.1) is 0 Å². The van der Waals surface area contributed by atoms with Crippen molar-refractivity contribution in [1.82, 2.24) is 10.2 Å². The van der Waals surface area contributed by atoms with Crippen molar-refractivity contribution in [3.63, 3.8) is 0 Å². The van der Waals surface area contributed by atoms with Crippen LogP contribution in [0.3, 0.4) is 0 Å². The third-order valence-corrected chi connectivity index (χ3v) is 5.87. The van der Waals surface area contributed by atoms with Crippen molar-refractivity contribution in [3.8, 4) is 0 Å². The van der Waals surface area contributed by atoms with E-state index < -0.39 is 20.4 Å². The Hall–Kier alpha value is -1.28. The second-order valence-corrected chi connectivity index (χ2v) is 8.92. The molecular formula is C22H43N3O10P+. The molecule has 5 N–H and O–H groups in total. The summed E-state index contributed by atoms with van der Waals surface area (Å²) in [7, 11) is -2.74. The van der Waals surface area contributed by atoms with Crippen LogP contribution in [0.1, 0.15) is 38.5 Å². The Morgan fingerprint density at radius 2 is 1.53 bits per heavy atom. The van der Waals surface area contributed by atoms with Crippen LogP contribution in [0.25, 0.3) is 0 Å². The maximum Gasteiger partial charge on any atom is 0.695 e. The number of carbonyl (C=O) groups excluding carboxylic acids is 2. The number of nitrogens with two attached hydrogens (primary N) is 1. The lowest BCUT2D eigenvalue weighted by molar-refractivity contribution is -0.133. The SMILES string of the molecule is NCCOCCOCCOCCOCCC(=O)NCCCCCC(=O)N1C[C@H](O[P+](=O)O)C[C@H]1CO. The molecule has 0 saturated carbocycles. The summed E-state index contributed by atoms with van der Waals surface area (Å²) in [6, 6.07) is -0.392. The molecule has 0 aromatic carbocycles. The molecule has 1 heterocycles. The number of carbonyl (C=O) groups is 2. The van der Waals surface area contributed by atoms with E-state index in [0.717, 1.165) is 12.8 Å². The van der Waals surface area contributed by atoms with Gasteiger partial charge in [-0.25, -0.2) is 0 Å². The topological polar surface area (TPSA) is 179 Å². The number of ether oxygens (including phenoxy) is 4. The standard InChI is InChI=1S/C22H42N3O10P/c23-6-9-32-11-13-34-15-14-33-12-10-31-8-5-21(27)24-7-3-1-2-4-22(28)25-17-20(35-36(29)30)16-19(25)18-26/h19-20,26H,1-18,23H2,(H-,24,27,29,30)/p+1/t19-,20+/m0/s1. The second kappa shape index (κ2) is 21.8. The van der Waals surface area contributed by atoms with Gasteiger partial charge in [-0.15, -0.1) is 9.42 Å². The molecule has 0 aromatic rings. The number of aliphatic hydroxyl groups excluding tert-OH is 1. The van der Waals surface area contributed by atoms with Crippen LogP contribution < -0.4 is 11.1 Å². The predicted molar refractivity (Wildman–Crippen MR) is 130 cm³/mol. The van der Waals surface area contributed by atoms with Crippen molar-refractivity contribution in [3.05, 3.63) is 0 Å². The zero-order valence-electron chi connectivity index (χ0n) is 21.0. The average molecular weight is 541 g/mol. The van der Waals surface area contributed by atoms with Gasteiger partial charge in [0.2, 0.25) is 11.8 Å². The van der Waals surface area contributed by atoms with E-state index in [1.54, 1.807) is 0 Å². The first-order chi connectivity index (χ1) is 17.5. The van der Waals surface area contributed by atoms with E-state index in [0.29, 0.717) is 85.2 Å². The van der Waals surface area contributed by atoms with Crippen molar-refractivity contribution >= 4 is 20.1 Å². The van der Waals surface area contributed by atoms with Gasteiger partial charge in [0, 0.05) is 36.9 Å². The molecule has 14 heteroatoms. The summed E-state index contributed by atoms with van der Waals surface area (Å²) in [6.45, 7) is 4.66. The molecule has 0 aliphatic carbocycles. The molecule has 1 unspecified atom stereocenters. The van der Waals surface area contributed by atoms with E-state index >= 15 is 0 Å². The van der Waals surface area contributed by atoms with E-state index in [2.05, 4.69) is 5.32 Å². The summed E-state index contributed by atoms with van der Waals surface area (Å²) < 4.78 is 37.0. The Labute approximate surface area is 213 Å². The number of amides is 2. The van der Waals surface area contributed by atoms with E-state index in [1.807, 2.05) is 0 Å². The normalized spacial score (nSPS) is 18.0. The number of rotatable bonds is 23. The van der Waals surface area contributed by atoms with Gasteiger partial charge in [-0.1, -0.05) is 6.42 Å². The maximum atomic E-state index is 12.4. The zero-order chi connectivity index (χ0) is 26.4. The largest absolute Gasteiger partial charge is 0.695 e. The Balaban J connectivity index is 1.92. The molecule has 36 heavy (non-hydrogen) atoms. The fourth-order valence-corrected chi connectivity index (χ4v) is 4.01. The van der Waals surface area contributed by atoms with Crippen LogP contribution >= 0.6 is 8.25 Å². The molecule has 0 radical (unpaired) electrons. The molecule has 1 aliphatic rings. The van der Waals surface area contributed by atoms with Crippen molar-refractivity contribution in [2.24, 2.45) is 5.73 Å². The highest BCUT2D eigenvalue weighted by atomic mass is 31.1. The molecule has 0 bridgehead atoms. The van der Waals surface area contributed by atoms with Crippen LogP contribution in [0.4, 0.5) is 0 Å². The highest BCUT2D eigenvalue weighted by molar-refractivity contribution is 7.32. The van der Waals surface area contributed by atoms with Crippen molar-refractivity contribution in [2.75, 3.05) is 79.1 Å². The first kappa shape index (κ1) is 32.7. The van der Waals surface area contributed by atoms with E-state index in [9.17, 15) is 19.3 Å². The van der Waals surface area contributed by atoms with Gasteiger partial charge in [0.1, 0.15) is 6.10 Å². The number of nitrogens with one attached hydrogen (secondary N) is 1. The van der Waals surface area contributed by atoms with Crippen LogP contribution in [-0.2, 0) is 37.6 Å². The summed E-state index contributed by atoms with van der Waals surface area (Å²) >= 11 is 0. The summed E-state index contributed by atoms with van der Waals surface area (Å²) in [4.78, 5) is 34.6. The summed E-state index contributed by atoms with van der Waals surface area (Å²) in [5.74, 6) is -0.202. The van der Waals surface area contributed by atoms with Crippen LogP contribution in [0.2, 0.25) is 0 Å². The Bertz CT molecular complexity index is 617. The van der Waals surface area contributed by atoms with Crippen molar-refractivity contribution < 1.29 is 47.6 Å². The molecule has 1 aliphatic heterocycles.